The third-order valence-corrected chi connectivity index (χ3v) is 2.81. The molecule has 0 aliphatic heterocycles. The summed E-state index contributed by atoms with van der Waals surface area (Å²) in [4.78, 5) is 4.22. The van der Waals surface area contributed by atoms with E-state index in [4.69, 9.17) is 14.0 Å². The molecule has 0 atom stereocenters. The van der Waals surface area contributed by atoms with Gasteiger partial charge in [-0.3, -0.25) is 0 Å². The molecule has 1 aromatic heterocycles. The quantitative estimate of drug-likeness (QED) is 0.834. The Kier molecular flexibility index (Phi) is 4.95. The van der Waals surface area contributed by atoms with Crippen molar-refractivity contribution in [3.05, 3.63) is 35.5 Å². The number of aryl methyl sites for hydroxylation is 1. The van der Waals surface area contributed by atoms with Crippen LogP contribution in [0.2, 0.25) is 0 Å². The Balaban J connectivity index is 2.14. The van der Waals surface area contributed by atoms with Gasteiger partial charge in [-0.2, -0.15) is 4.98 Å². The van der Waals surface area contributed by atoms with Crippen molar-refractivity contribution in [2.45, 2.75) is 26.5 Å². The number of hydrogen-bond donors (Lipinski definition) is 1. The van der Waals surface area contributed by atoms with Crippen molar-refractivity contribution in [1.82, 2.24) is 15.5 Å². The van der Waals surface area contributed by atoms with Crippen molar-refractivity contribution in [3.8, 4) is 11.5 Å². The van der Waals surface area contributed by atoms with Crippen LogP contribution in [0.3, 0.4) is 0 Å². The van der Waals surface area contributed by atoms with E-state index in [-0.39, 0.29) is 6.61 Å². The summed E-state index contributed by atoms with van der Waals surface area (Å²) in [5.74, 6) is 2.52. The van der Waals surface area contributed by atoms with Gasteiger partial charge in [0, 0.05) is 18.5 Å². The van der Waals surface area contributed by atoms with Gasteiger partial charge in [-0.15, -0.1) is 0 Å². The first-order valence-corrected chi connectivity index (χ1v) is 6.53. The fraction of sp³-hybridized carbons (Fsp3) is 0.429. The minimum absolute atomic E-state index is 0.226. The summed E-state index contributed by atoms with van der Waals surface area (Å²) in [5.41, 5.74) is 1.02. The predicted molar refractivity (Wildman–Crippen MR) is 73.8 cm³/mol. The van der Waals surface area contributed by atoms with Gasteiger partial charge >= 0.3 is 0 Å². The van der Waals surface area contributed by atoms with Crippen molar-refractivity contribution in [2.75, 3.05) is 14.2 Å². The molecular formula is C14H19N3O3. The van der Waals surface area contributed by atoms with Gasteiger partial charge < -0.3 is 19.3 Å². The molecule has 20 heavy (non-hydrogen) atoms. The molecule has 0 radical (unpaired) electrons. The lowest BCUT2D eigenvalue weighted by atomic mass is 10.2. The van der Waals surface area contributed by atoms with Crippen LogP contribution in [0.15, 0.2) is 22.7 Å². The maximum absolute atomic E-state index is 5.79. The molecule has 6 heteroatoms. The highest BCUT2D eigenvalue weighted by atomic mass is 16.5. The van der Waals surface area contributed by atoms with E-state index < -0.39 is 0 Å². The first-order chi connectivity index (χ1) is 9.78. The molecule has 0 unspecified atom stereocenters. The number of aromatic nitrogens is 2. The summed E-state index contributed by atoms with van der Waals surface area (Å²) in [6, 6.07) is 5.78. The standard InChI is InChI=1S/C14H19N3O3/c1-4-12-16-13(20-17-12)9-19-14-10(8-15-2)6-5-7-11(14)18-3/h5-7,15H,4,8-9H2,1-3H3. The molecule has 1 heterocycles. The first kappa shape index (κ1) is 14.3. The molecular weight excluding hydrogens is 258 g/mol. The third kappa shape index (κ3) is 3.27. The molecule has 2 rings (SSSR count). The molecule has 0 spiro atoms. The second-order valence-corrected chi connectivity index (χ2v) is 4.23. The minimum atomic E-state index is 0.226. The number of rotatable bonds is 7. The highest BCUT2D eigenvalue weighted by Crippen LogP contribution is 2.31. The Morgan fingerprint density at radius 3 is 2.85 bits per heavy atom. The molecule has 2 aromatic rings. The molecule has 0 fully saturated rings. The van der Waals surface area contributed by atoms with Crippen molar-refractivity contribution in [1.29, 1.82) is 0 Å². The van der Waals surface area contributed by atoms with Gasteiger partial charge in [0.15, 0.2) is 23.9 Å². The summed E-state index contributed by atoms with van der Waals surface area (Å²) in [6.07, 6.45) is 0.739. The number of nitrogens with zero attached hydrogens (tertiary/aromatic N) is 2. The largest absolute Gasteiger partial charge is 0.493 e. The molecule has 0 amide bonds. The zero-order chi connectivity index (χ0) is 14.4. The van der Waals surface area contributed by atoms with E-state index in [2.05, 4.69) is 15.5 Å². The highest BCUT2D eigenvalue weighted by molar-refractivity contribution is 5.46. The van der Waals surface area contributed by atoms with Crippen molar-refractivity contribution in [3.63, 3.8) is 0 Å². The van der Waals surface area contributed by atoms with E-state index in [1.165, 1.54) is 0 Å². The Morgan fingerprint density at radius 1 is 1.35 bits per heavy atom. The van der Waals surface area contributed by atoms with Crippen LogP contribution in [0.4, 0.5) is 0 Å². The lowest BCUT2D eigenvalue weighted by Crippen LogP contribution is -2.08. The first-order valence-electron chi connectivity index (χ1n) is 6.53. The van der Waals surface area contributed by atoms with Crippen LogP contribution in [0.1, 0.15) is 24.2 Å². The molecule has 0 saturated heterocycles. The maximum Gasteiger partial charge on any atom is 0.264 e. The third-order valence-electron chi connectivity index (χ3n) is 2.81. The van der Waals surface area contributed by atoms with E-state index in [1.807, 2.05) is 32.2 Å². The van der Waals surface area contributed by atoms with E-state index >= 15 is 0 Å². The van der Waals surface area contributed by atoms with Gasteiger partial charge in [0.1, 0.15) is 0 Å². The van der Waals surface area contributed by atoms with Crippen LogP contribution in [0.25, 0.3) is 0 Å². The topological polar surface area (TPSA) is 69.4 Å². The number of ether oxygens (including phenoxy) is 2. The molecule has 0 aliphatic carbocycles. The minimum Gasteiger partial charge on any atom is -0.493 e. The zero-order valence-electron chi connectivity index (χ0n) is 12.0. The Bertz CT molecular complexity index is 554. The average molecular weight is 277 g/mol. The zero-order valence-corrected chi connectivity index (χ0v) is 12.0. The second kappa shape index (κ2) is 6.91. The van der Waals surface area contributed by atoms with Gasteiger partial charge in [0.2, 0.25) is 0 Å². The van der Waals surface area contributed by atoms with E-state index in [9.17, 15) is 0 Å². The lowest BCUT2D eigenvalue weighted by molar-refractivity contribution is 0.231. The second-order valence-electron chi connectivity index (χ2n) is 4.23. The van der Waals surface area contributed by atoms with Gasteiger partial charge in [-0.05, 0) is 13.1 Å². The van der Waals surface area contributed by atoms with Crippen LogP contribution in [-0.4, -0.2) is 24.3 Å². The maximum atomic E-state index is 5.79. The summed E-state index contributed by atoms with van der Waals surface area (Å²) in [7, 11) is 3.50. The van der Waals surface area contributed by atoms with Gasteiger partial charge in [0.25, 0.3) is 5.89 Å². The van der Waals surface area contributed by atoms with Crippen molar-refractivity contribution < 1.29 is 14.0 Å². The van der Waals surface area contributed by atoms with Crippen LogP contribution in [0, 0.1) is 0 Å². The fourth-order valence-corrected chi connectivity index (χ4v) is 1.84. The number of para-hydroxylation sites is 1. The highest BCUT2D eigenvalue weighted by Gasteiger charge is 2.12. The summed E-state index contributed by atoms with van der Waals surface area (Å²) < 4.78 is 16.2. The summed E-state index contributed by atoms with van der Waals surface area (Å²) >= 11 is 0. The molecule has 6 nitrogen and oxygen atoms in total. The van der Waals surface area contributed by atoms with Crippen LogP contribution >= 0.6 is 0 Å². The van der Waals surface area contributed by atoms with Gasteiger partial charge in [-0.1, -0.05) is 24.2 Å². The molecule has 0 aliphatic rings. The van der Waals surface area contributed by atoms with Crippen molar-refractivity contribution in [2.24, 2.45) is 0 Å². The Labute approximate surface area is 118 Å². The fourth-order valence-electron chi connectivity index (χ4n) is 1.84. The van der Waals surface area contributed by atoms with Crippen molar-refractivity contribution >= 4 is 0 Å². The number of hydrogen-bond acceptors (Lipinski definition) is 6. The average Bonchev–Trinajstić information content (AvgIpc) is 2.94. The Morgan fingerprint density at radius 2 is 2.20 bits per heavy atom. The van der Waals surface area contributed by atoms with E-state index in [1.54, 1.807) is 7.11 Å². The molecule has 1 N–H and O–H groups in total. The van der Waals surface area contributed by atoms with Crippen LogP contribution in [0.5, 0.6) is 11.5 Å². The monoisotopic (exact) mass is 277 g/mol. The van der Waals surface area contributed by atoms with Gasteiger partial charge in [-0.25, -0.2) is 0 Å². The van der Waals surface area contributed by atoms with Crippen LogP contribution < -0.4 is 14.8 Å². The van der Waals surface area contributed by atoms with Crippen LogP contribution in [-0.2, 0) is 19.6 Å². The number of benzene rings is 1. The predicted octanol–water partition coefficient (Wildman–Crippen LogP) is 1.94. The molecule has 108 valence electrons. The normalized spacial score (nSPS) is 10.6. The SMILES string of the molecule is CCc1noc(COc2c(CNC)cccc2OC)n1. The molecule has 1 aromatic carbocycles. The summed E-state index contributed by atoms with van der Waals surface area (Å²) in [6.45, 7) is 2.89. The smallest absolute Gasteiger partial charge is 0.264 e. The Hall–Kier alpha value is -2.08. The van der Waals surface area contributed by atoms with Gasteiger partial charge in [0.05, 0.1) is 7.11 Å². The molecule has 0 bridgehead atoms. The lowest BCUT2D eigenvalue weighted by Gasteiger charge is -2.13. The van der Waals surface area contributed by atoms with E-state index in [0.29, 0.717) is 29.8 Å². The number of methoxy groups -OCH3 is 1. The van der Waals surface area contributed by atoms with E-state index in [0.717, 1.165) is 12.0 Å². The number of nitrogens with one attached hydrogen (secondary N) is 1. The summed E-state index contributed by atoms with van der Waals surface area (Å²) in [5, 5.41) is 6.94. The molecule has 0 saturated carbocycles.